The Morgan fingerprint density at radius 3 is 1.27 bits per heavy atom. The summed E-state index contributed by atoms with van der Waals surface area (Å²) in [6.45, 7) is -5.60. The number of rotatable bonds is 12. The fraction of sp³-hybridized carbons (Fsp3) is 0.714. The predicted molar refractivity (Wildman–Crippen MR) is 81.5 cm³/mol. The normalized spacial score (nSPS) is 11.4. The second kappa shape index (κ2) is 9.93. The van der Waals surface area contributed by atoms with Gasteiger partial charge in [0, 0.05) is 0 Å². The van der Waals surface area contributed by atoms with Crippen molar-refractivity contribution in [1.82, 2.24) is 15.6 Å². The summed E-state index contributed by atoms with van der Waals surface area (Å²) >= 11 is 0. The highest BCUT2D eigenvalue weighted by atomic mass is 19.2. The van der Waals surface area contributed by atoms with E-state index in [1.165, 1.54) is 0 Å². The van der Waals surface area contributed by atoms with Gasteiger partial charge in [0.2, 0.25) is 13.1 Å². The van der Waals surface area contributed by atoms with Crippen molar-refractivity contribution >= 4 is 11.9 Å². The zero-order valence-electron chi connectivity index (χ0n) is 14.9. The number of hydrogen-bond donors (Lipinski definition) is 1. The number of imide groups is 1. The minimum Gasteiger partial charge on any atom is -0.288 e. The molecule has 0 aromatic heterocycles. The van der Waals surface area contributed by atoms with Crippen molar-refractivity contribution in [2.75, 3.05) is 13.1 Å². The molecule has 0 saturated carbocycles. The fourth-order valence-electron chi connectivity index (χ4n) is 1.73. The van der Waals surface area contributed by atoms with Crippen LogP contribution in [-0.4, -0.2) is 82.5 Å². The van der Waals surface area contributed by atoms with E-state index < -0.39 is 82.5 Å². The fourth-order valence-corrected chi connectivity index (χ4v) is 1.73. The lowest BCUT2D eigenvalue weighted by molar-refractivity contribution is -0.837. The van der Waals surface area contributed by atoms with Crippen LogP contribution in [0.2, 0.25) is 0 Å². The van der Waals surface area contributed by atoms with Crippen LogP contribution in [0.25, 0.3) is 0 Å². The van der Waals surface area contributed by atoms with Crippen molar-refractivity contribution in [3.05, 3.63) is 60.7 Å². The summed E-state index contributed by atoms with van der Waals surface area (Å²) in [5.41, 5.74) is -0.0799. The number of hydrazine groups is 1. The maximum atomic E-state index is 14.1. The first kappa shape index (κ1) is 28.1. The largest absolute Gasteiger partial charge is 0.631 e. The molecule has 0 radical (unpaired) electrons. The number of halogens is 3. The van der Waals surface area contributed by atoms with Gasteiger partial charge in [-0.1, -0.05) is 14.4 Å². The maximum absolute atomic E-state index is 14.1. The van der Waals surface area contributed by atoms with Gasteiger partial charge in [0.05, 0.1) is 0 Å². The monoisotopic (exact) mass is 497 g/mol. The van der Waals surface area contributed by atoms with E-state index in [2.05, 4.69) is 0 Å². The molecule has 0 bridgehead atoms. The number of hydrogen-bond acceptors (Lipinski definition) is 15. The third kappa shape index (κ3) is 5.62. The maximum Gasteiger partial charge on any atom is 0.631 e. The van der Waals surface area contributed by atoms with Gasteiger partial charge in [-0.25, -0.2) is 4.79 Å². The molecule has 0 aromatic rings. The van der Waals surface area contributed by atoms with Gasteiger partial charge < -0.3 is 0 Å². The van der Waals surface area contributed by atoms with E-state index >= 15 is 0 Å². The molecule has 0 aliphatic rings. The lowest BCUT2D eigenvalue weighted by Crippen LogP contribution is -2.63. The molecule has 23 nitrogen and oxygen atoms in total. The number of alkyl halides is 2. The first-order chi connectivity index (χ1) is 14.9. The highest BCUT2D eigenvalue weighted by Crippen LogP contribution is 2.22. The molecule has 0 aromatic carbocycles. The molecule has 33 heavy (non-hydrogen) atoms. The molecule has 0 heterocycles. The Bertz CT molecular complexity index is 831. The van der Waals surface area contributed by atoms with Crippen LogP contribution in [-0.2, 0) is 4.79 Å². The quantitative estimate of drug-likeness (QED) is 0.0988. The molecule has 0 aliphatic heterocycles. The zero-order chi connectivity index (χ0) is 26.5. The van der Waals surface area contributed by atoms with Gasteiger partial charge in [0.15, 0.2) is 0 Å². The summed E-state index contributed by atoms with van der Waals surface area (Å²) in [6, 6.07) is -2.91. The van der Waals surface area contributed by atoms with Crippen molar-refractivity contribution in [3.63, 3.8) is 0 Å². The Hall–Kier alpha value is -4.91. The van der Waals surface area contributed by atoms with Crippen molar-refractivity contribution < 1.29 is 52.4 Å². The van der Waals surface area contributed by atoms with E-state index in [1.807, 2.05) is 0 Å². The van der Waals surface area contributed by atoms with E-state index in [-0.39, 0.29) is 5.65 Å². The number of nitrogens with zero attached hydrogens (tertiary/aromatic N) is 8. The number of nitro groups is 6. The predicted octanol–water partition coefficient (Wildman–Crippen LogP) is -2.14. The van der Waals surface area contributed by atoms with Crippen molar-refractivity contribution in [3.8, 4) is 0 Å². The van der Waals surface area contributed by atoms with Gasteiger partial charge in [-0.2, -0.15) is 5.01 Å². The highest BCUT2D eigenvalue weighted by Gasteiger charge is 2.66. The van der Waals surface area contributed by atoms with Gasteiger partial charge in [0.1, 0.15) is 29.5 Å². The lowest BCUT2D eigenvalue weighted by Gasteiger charge is -2.26. The molecule has 0 spiro atoms. The Labute approximate surface area is 173 Å². The Morgan fingerprint density at radius 2 is 1.06 bits per heavy atom. The van der Waals surface area contributed by atoms with Crippen LogP contribution in [0.15, 0.2) is 0 Å². The second-order valence-corrected chi connectivity index (χ2v) is 5.31. The number of amides is 3. The number of carbonyl (C=O) groups excluding carboxylic acids is 2. The average molecular weight is 497 g/mol. The van der Waals surface area contributed by atoms with Gasteiger partial charge in [-0.15, -0.1) is 4.48 Å². The van der Waals surface area contributed by atoms with Crippen LogP contribution < -0.4 is 5.65 Å². The van der Waals surface area contributed by atoms with Crippen LogP contribution >= 0.6 is 0 Å². The number of urea groups is 1. The summed E-state index contributed by atoms with van der Waals surface area (Å²) in [4.78, 5) is 72.6. The third-order valence-electron chi connectivity index (χ3n) is 3.29. The van der Waals surface area contributed by atoms with E-state index in [4.69, 9.17) is 0 Å². The van der Waals surface area contributed by atoms with Crippen LogP contribution in [0.3, 0.4) is 0 Å². The van der Waals surface area contributed by atoms with E-state index in [0.717, 1.165) is 0 Å². The molecule has 0 aliphatic carbocycles. The van der Waals surface area contributed by atoms with Gasteiger partial charge >= 0.3 is 29.9 Å². The Kier molecular flexibility index (Phi) is 8.45. The molecule has 0 fully saturated rings. The number of carbonyl (C=O) groups is 2. The van der Waals surface area contributed by atoms with Crippen LogP contribution in [0.5, 0.6) is 0 Å². The minimum atomic E-state index is -5.12. The van der Waals surface area contributed by atoms with Gasteiger partial charge in [-0.05, 0) is 0 Å². The summed E-state index contributed by atoms with van der Waals surface area (Å²) in [6.07, 6.45) is -3.73. The summed E-state index contributed by atoms with van der Waals surface area (Å²) in [5, 5.41) is 62.3. The highest BCUT2D eigenvalue weighted by molar-refractivity contribution is 5.95. The second-order valence-electron chi connectivity index (χ2n) is 5.31. The van der Waals surface area contributed by atoms with Crippen LogP contribution in [0.4, 0.5) is 18.1 Å². The van der Waals surface area contributed by atoms with Gasteiger partial charge in [-0.3, -0.25) is 70.4 Å². The molecule has 26 heteroatoms. The standard InChI is InChI=1S/C7H6F3N9O14/c8-6(16(26)27,17(28)29)1-12(2-7(9,18(30)31)19(32)33)5(21)13(11-10)4(20)3(14(22)23)15(24)25/h3,11H,1-2H2. The van der Waals surface area contributed by atoms with Crippen molar-refractivity contribution in [2.45, 2.75) is 18.0 Å². The first-order valence-corrected chi connectivity index (χ1v) is 7.10. The summed E-state index contributed by atoms with van der Waals surface area (Å²) < 4.78 is 41.2. The molecule has 184 valence electrons. The summed E-state index contributed by atoms with van der Waals surface area (Å²) in [5.74, 6) is -13.1. The smallest absolute Gasteiger partial charge is 0.288 e. The van der Waals surface area contributed by atoms with Gasteiger partial charge in [0.25, 0.3) is 0 Å². The molecule has 1 N–H and O–H groups in total. The average Bonchev–Trinajstić information content (AvgIpc) is 2.66. The zero-order valence-corrected chi connectivity index (χ0v) is 14.9. The van der Waals surface area contributed by atoms with E-state index in [9.17, 15) is 83.5 Å². The molecular formula is C7H6F3N9O14. The number of nitrogens with one attached hydrogen (secondary N) is 1. The van der Waals surface area contributed by atoms with E-state index in [0.29, 0.717) is 0 Å². The van der Waals surface area contributed by atoms with E-state index in [1.54, 1.807) is 0 Å². The summed E-state index contributed by atoms with van der Waals surface area (Å²) in [7, 11) is 0. The van der Waals surface area contributed by atoms with Crippen LogP contribution in [0.1, 0.15) is 0 Å². The molecular weight excluding hydrogens is 491 g/mol. The lowest BCUT2D eigenvalue weighted by atomic mass is 10.3. The molecule has 0 unspecified atom stereocenters. The Balaban J connectivity index is 6.67. The van der Waals surface area contributed by atoms with Crippen molar-refractivity contribution in [1.29, 1.82) is 0 Å². The first-order valence-electron chi connectivity index (χ1n) is 7.10. The van der Waals surface area contributed by atoms with Crippen LogP contribution in [0, 0.1) is 60.7 Å². The molecule has 0 saturated heterocycles. The SMILES string of the molecule is O=C(C([N+](=O)[O-])[N+](=O)[O-])N(NF)C(=O)N(CC(F)([N+](=O)[O-])[N+](=O)[O-])CC(F)([N+](=O)[O-])[N+](=O)[O-]. The van der Waals surface area contributed by atoms with Crippen molar-refractivity contribution in [2.24, 2.45) is 0 Å². The molecule has 3 amide bonds. The third-order valence-corrected chi connectivity index (χ3v) is 3.29. The molecule has 0 rings (SSSR count). The Morgan fingerprint density at radius 1 is 0.758 bits per heavy atom. The minimum absolute atomic E-state index is 0.0799. The topological polar surface area (TPSA) is 311 Å². The molecule has 0 atom stereocenters.